The third-order valence-electron chi connectivity index (χ3n) is 3.50. The molecule has 18 heavy (non-hydrogen) atoms. The number of hydrogen-bond donors (Lipinski definition) is 3. The lowest BCUT2D eigenvalue weighted by Gasteiger charge is -2.19. The van der Waals surface area contributed by atoms with Gasteiger partial charge in [-0.2, -0.15) is 0 Å². The van der Waals surface area contributed by atoms with Crippen LogP contribution >= 0.6 is 0 Å². The highest BCUT2D eigenvalue weighted by Crippen LogP contribution is 2.19. The van der Waals surface area contributed by atoms with Crippen molar-refractivity contribution in [3.63, 3.8) is 0 Å². The van der Waals surface area contributed by atoms with Crippen LogP contribution < -0.4 is 5.73 Å². The predicted molar refractivity (Wildman–Crippen MR) is 71.0 cm³/mol. The molecule has 1 fully saturated rings. The molecule has 1 aromatic carbocycles. The van der Waals surface area contributed by atoms with Crippen LogP contribution in [0.1, 0.15) is 30.1 Å². The van der Waals surface area contributed by atoms with Gasteiger partial charge in [0.15, 0.2) is 0 Å². The zero-order chi connectivity index (χ0) is 13.0. The van der Waals surface area contributed by atoms with Gasteiger partial charge in [0, 0.05) is 13.1 Å². The number of hydrogen-bond acceptors (Lipinski definition) is 4. The van der Waals surface area contributed by atoms with E-state index in [0.717, 1.165) is 25.2 Å². The summed E-state index contributed by atoms with van der Waals surface area (Å²) in [6.45, 7) is 3.28. The second-order valence-corrected chi connectivity index (χ2v) is 4.98. The lowest BCUT2D eigenvalue weighted by molar-refractivity contribution is 0.0243. The molecule has 0 aromatic heterocycles. The molecule has 0 radical (unpaired) electrons. The number of nitrogens with zero attached hydrogens (tertiary/aromatic N) is 1. The fraction of sp³-hybridized carbons (Fsp3) is 0.571. The first-order valence-electron chi connectivity index (χ1n) is 6.58. The lowest BCUT2D eigenvalue weighted by Crippen LogP contribution is -2.27. The van der Waals surface area contributed by atoms with Crippen molar-refractivity contribution >= 4 is 0 Å². The van der Waals surface area contributed by atoms with Gasteiger partial charge in [-0.25, -0.2) is 0 Å². The zero-order valence-electron chi connectivity index (χ0n) is 10.6. The molecule has 1 heterocycles. The van der Waals surface area contributed by atoms with Crippen molar-refractivity contribution in [1.29, 1.82) is 0 Å². The third kappa shape index (κ3) is 3.29. The molecule has 1 aromatic rings. The summed E-state index contributed by atoms with van der Waals surface area (Å²) in [6, 6.07) is 7.77. The first-order chi connectivity index (χ1) is 8.70. The maximum Gasteiger partial charge on any atom is 0.106 e. The maximum atomic E-state index is 9.93. The fourth-order valence-electron chi connectivity index (χ4n) is 2.43. The molecule has 2 atom stereocenters. The number of nitrogens with two attached hydrogens (primary N) is 1. The highest BCUT2D eigenvalue weighted by molar-refractivity contribution is 5.26. The molecular formula is C14H22N2O2. The second kappa shape index (κ2) is 6.29. The van der Waals surface area contributed by atoms with E-state index in [0.29, 0.717) is 0 Å². The Kier molecular flexibility index (Phi) is 4.72. The number of likely N-dealkylation sites (tertiary alicyclic amines) is 1. The van der Waals surface area contributed by atoms with E-state index in [1.54, 1.807) is 0 Å². The van der Waals surface area contributed by atoms with Gasteiger partial charge in [-0.3, -0.25) is 4.90 Å². The summed E-state index contributed by atoms with van der Waals surface area (Å²) in [5, 5.41) is 19.5. The van der Waals surface area contributed by atoms with E-state index in [-0.39, 0.29) is 6.54 Å². The molecular weight excluding hydrogens is 228 g/mol. The Morgan fingerprint density at radius 3 is 2.61 bits per heavy atom. The van der Waals surface area contributed by atoms with Crippen molar-refractivity contribution in [2.24, 2.45) is 5.73 Å². The summed E-state index contributed by atoms with van der Waals surface area (Å²) in [5.74, 6) is 0. The molecule has 0 bridgehead atoms. The first-order valence-corrected chi connectivity index (χ1v) is 6.58. The van der Waals surface area contributed by atoms with Gasteiger partial charge in [-0.15, -0.1) is 0 Å². The fourth-order valence-corrected chi connectivity index (χ4v) is 2.43. The van der Waals surface area contributed by atoms with Crippen LogP contribution in [0.25, 0.3) is 0 Å². The standard InChI is InChI=1S/C14H22N2O2/c15-9-13(17)14(18)12-5-3-4-11(8-12)10-16-6-1-2-7-16/h3-5,8,13-14,17-18H,1-2,6-7,9-10,15H2. The van der Waals surface area contributed by atoms with Crippen LogP contribution in [0.5, 0.6) is 0 Å². The van der Waals surface area contributed by atoms with Gasteiger partial charge in [0.05, 0.1) is 6.10 Å². The molecule has 1 saturated heterocycles. The average molecular weight is 250 g/mol. The van der Waals surface area contributed by atoms with Crippen molar-refractivity contribution in [3.8, 4) is 0 Å². The van der Waals surface area contributed by atoms with E-state index in [1.807, 2.05) is 18.2 Å². The summed E-state index contributed by atoms with van der Waals surface area (Å²) < 4.78 is 0. The van der Waals surface area contributed by atoms with Crippen LogP contribution in [0, 0.1) is 0 Å². The molecule has 2 rings (SSSR count). The smallest absolute Gasteiger partial charge is 0.106 e. The normalized spacial score (nSPS) is 19.9. The number of benzene rings is 1. The highest BCUT2D eigenvalue weighted by atomic mass is 16.3. The first kappa shape index (κ1) is 13.5. The van der Waals surface area contributed by atoms with Gasteiger partial charge in [0.1, 0.15) is 6.10 Å². The number of rotatable bonds is 5. The molecule has 4 N–H and O–H groups in total. The molecule has 0 saturated carbocycles. The molecule has 1 aliphatic rings. The summed E-state index contributed by atoms with van der Waals surface area (Å²) >= 11 is 0. The maximum absolute atomic E-state index is 9.93. The van der Waals surface area contributed by atoms with Crippen LogP contribution in [0.3, 0.4) is 0 Å². The van der Waals surface area contributed by atoms with Crippen molar-refractivity contribution in [2.45, 2.75) is 31.6 Å². The Morgan fingerprint density at radius 2 is 1.94 bits per heavy atom. The minimum atomic E-state index is -0.896. The second-order valence-electron chi connectivity index (χ2n) is 4.98. The average Bonchev–Trinajstić information content (AvgIpc) is 2.90. The SMILES string of the molecule is NCC(O)C(O)c1cccc(CN2CCCC2)c1. The number of aliphatic hydroxyl groups excluding tert-OH is 2. The van der Waals surface area contributed by atoms with E-state index in [2.05, 4.69) is 11.0 Å². The predicted octanol–water partition coefficient (Wildman–Crippen LogP) is 0.635. The number of aliphatic hydroxyl groups is 2. The van der Waals surface area contributed by atoms with Gasteiger partial charge in [-0.1, -0.05) is 24.3 Å². The minimum Gasteiger partial charge on any atom is -0.389 e. The van der Waals surface area contributed by atoms with Crippen LogP contribution in [0.2, 0.25) is 0 Å². The molecule has 0 amide bonds. The van der Waals surface area contributed by atoms with Crippen molar-refractivity contribution in [2.75, 3.05) is 19.6 Å². The summed E-state index contributed by atoms with van der Waals surface area (Å²) in [4.78, 5) is 2.41. The zero-order valence-corrected chi connectivity index (χ0v) is 10.6. The molecule has 4 heteroatoms. The Balaban J connectivity index is 2.04. The van der Waals surface area contributed by atoms with Crippen LogP contribution in [0.15, 0.2) is 24.3 Å². The van der Waals surface area contributed by atoms with E-state index in [1.165, 1.54) is 18.4 Å². The molecule has 100 valence electrons. The Bertz CT molecular complexity index is 378. The van der Waals surface area contributed by atoms with Gasteiger partial charge in [0.25, 0.3) is 0 Å². The minimum absolute atomic E-state index is 0.0670. The summed E-state index contributed by atoms with van der Waals surface area (Å²) in [5.41, 5.74) is 7.28. The molecule has 0 spiro atoms. The Labute approximate surface area is 108 Å². The monoisotopic (exact) mass is 250 g/mol. The summed E-state index contributed by atoms with van der Waals surface area (Å²) in [6.07, 6.45) is 0.753. The Morgan fingerprint density at radius 1 is 1.22 bits per heavy atom. The Hall–Kier alpha value is -0.940. The summed E-state index contributed by atoms with van der Waals surface area (Å²) in [7, 11) is 0. The highest BCUT2D eigenvalue weighted by Gasteiger charge is 2.17. The van der Waals surface area contributed by atoms with Crippen molar-refractivity contribution in [3.05, 3.63) is 35.4 Å². The largest absolute Gasteiger partial charge is 0.389 e. The van der Waals surface area contributed by atoms with Gasteiger partial charge in [-0.05, 0) is 37.1 Å². The molecule has 1 aliphatic heterocycles. The van der Waals surface area contributed by atoms with Crippen LogP contribution in [0.4, 0.5) is 0 Å². The lowest BCUT2D eigenvalue weighted by atomic mass is 10.0. The van der Waals surface area contributed by atoms with Crippen LogP contribution in [-0.4, -0.2) is 40.9 Å². The van der Waals surface area contributed by atoms with E-state index >= 15 is 0 Å². The van der Waals surface area contributed by atoms with Gasteiger partial charge in [0.2, 0.25) is 0 Å². The van der Waals surface area contributed by atoms with E-state index in [9.17, 15) is 10.2 Å². The van der Waals surface area contributed by atoms with Crippen molar-refractivity contribution in [1.82, 2.24) is 4.90 Å². The molecule has 4 nitrogen and oxygen atoms in total. The van der Waals surface area contributed by atoms with E-state index < -0.39 is 12.2 Å². The van der Waals surface area contributed by atoms with Crippen LogP contribution in [-0.2, 0) is 6.54 Å². The van der Waals surface area contributed by atoms with Gasteiger partial charge >= 0.3 is 0 Å². The van der Waals surface area contributed by atoms with Gasteiger partial charge < -0.3 is 15.9 Å². The molecule has 2 unspecified atom stereocenters. The van der Waals surface area contributed by atoms with E-state index in [4.69, 9.17) is 5.73 Å². The molecule has 0 aliphatic carbocycles. The van der Waals surface area contributed by atoms with Crippen molar-refractivity contribution < 1.29 is 10.2 Å². The quantitative estimate of drug-likeness (QED) is 0.717. The topological polar surface area (TPSA) is 69.7 Å². The third-order valence-corrected chi connectivity index (χ3v) is 3.50.